The predicted octanol–water partition coefficient (Wildman–Crippen LogP) is 0.0425. The first-order chi connectivity index (χ1) is 6.22. The van der Waals surface area contributed by atoms with E-state index in [2.05, 4.69) is 15.3 Å². The van der Waals surface area contributed by atoms with Gasteiger partial charge in [0.1, 0.15) is 5.82 Å². The summed E-state index contributed by atoms with van der Waals surface area (Å²) in [5.41, 5.74) is 6.02. The SMILES string of the molecule is Nc1ncc2c(n1)NC(=O)C21CC1. The predicted molar refractivity (Wildman–Crippen MR) is 46.0 cm³/mol. The molecule has 1 aliphatic carbocycles. The minimum absolute atomic E-state index is 0.0439. The van der Waals surface area contributed by atoms with Crippen LogP contribution in [0.3, 0.4) is 0 Å². The largest absolute Gasteiger partial charge is 0.368 e. The number of anilines is 2. The smallest absolute Gasteiger partial charge is 0.236 e. The number of hydrogen-bond donors (Lipinski definition) is 2. The summed E-state index contributed by atoms with van der Waals surface area (Å²) in [6.07, 6.45) is 3.46. The lowest BCUT2D eigenvalue weighted by molar-refractivity contribution is -0.117. The van der Waals surface area contributed by atoms with Gasteiger partial charge in [-0.1, -0.05) is 0 Å². The Kier molecular flexibility index (Phi) is 0.951. The summed E-state index contributed by atoms with van der Waals surface area (Å²) < 4.78 is 0. The summed E-state index contributed by atoms with van der Waals surface area (Å²) in [5.74, 6) is 0.842. The van der Waals surface area contributed by atoms with Crippen LogP contribution < -0.4 is 11.1 Å². The third kappa shape index (κ3) is 0.690. The molecule has 13 heavy (non-hydrogen) atoms. The Bertz CT molecular complexity index is 411. The van der Waals surface area contributed by atoms with Crippen LogP contribution in [0, 0.1) is 0 Å². The summed E-state index contributed by atoms with van der Waals surface area (Å²) in [7, 11) is 0. The average Bonchev–Trinajstić information content (AvgIpc) is 2.80. The van der Waals surface area contributed by atoms with E-state index < -0.39 is 0 Å². The lowest BCUT2D eigenvalue weighted by Gasteiger charge is -2.01. The molecule has 1 aliphatic heterocycles. The number of carbonyl (C=O) groups is 1. The van der Waals surface area contributed by atoms with Gasteiger partial charge in [-0.05, 0) is 12.8 Å². The zero-order chi connectivity index (χ0) is 9.05. The van der Waals surface area contributed by atoms with Gasteiger partial charge in [-0.3, -0.25) is 4.79 Å². The van der Waals surface area contributed by atoms with Crippen molar-refractivity contribution in [3.8, 4) is 0 Å². The highest BCUT2D eigenvalue weighted by Gasteiger charge is 2.57. The molecule has 0 unspecified atom stereocenters. The van der Waals surface area contributed by atoms with Crippen LogP contribution in [0.15, 0.2) is 6.20 Å². The van der Waals surface area contributed by atoms with Crippen molar-refractivity contribution in [1.82, 2.24) is 9.97 Å². The van der Waals surface area contributed by atoms with Crippen LogP contribution in [0.4, 0.5) is 11.8 Å². The summed E-state index contributed by atoms with van der Waals surface area (Å²) in [6.45, 7) is 0. The number of aromatic nitrogens is 2. The second-order valence-electron chi connectivity index (χ2n) is 3.53. The van der Waals surface area contributed by atoms with E-state index in [0.717, 1.165) is 18.4 Å². The fraction of sp³-hybridized carbons (Fsp3) is 0.375. The molecule has 2 aliphatic rings. The van der Waals surface area contributed by atoms with E-state index in [1.54, 1.807) is 6.20 Å². The molecule has 1 aromatic heterocycles. The molecule has 0 aromatic carbocycles. The van der Waals surface area contributed by atoms with Crippen LogP contribution in [0.5, 0.6) is 0 Å². The quantitative estimate of drug-likeness (QED) is 0.585. The fourth-order valence-corrected chi connectivity index (χ4v) is 1.81. The van der Waals surface area contributed by atoms with E-state index in [1.807, 2.05) is 0 Å². The van der Waals surface area contributed by atoms with Gasteiger partial charge in [0.2, 0.25) is 11.9 Å². The van der Waals surface area contributed by atoms with E-state index in [0.29, 0.717) is 5.82 Å². The van der Waals surface area contributed by atoms with Crippen molar-refractivity contribution >= 4 is 17.7 Å². The molecule has 1 fully saturated rings. The van der Waals surface area contributed by atoms with Crippen molar-refractivity contribution in [2.24, 2.45) is 0 Å². The van der Waals surface area contributed by atoms with Crippen molar-refractivity contribution < 1.29 is 4.79 Å². The number of nitrogens with zero attached hydrogens (tertiary/aromatic N) is 2. The molecule has 1 aromatic rings. The van der Waals surface area contributed by atoms with Gasteiger partial charge in [0, 0.05) is 11.8 Å². The van der Waals surface area contributed by atoms with Crippen LogP contribution in [-0.2, 0) is 10.2 Å². The van der Waals surface area contributed by atoms with Crippen molar-refractivity contribution in [3.63, 3.8) is 0 Å². The Morgan fingerprint density at radius 1 is 1.54 bits per heavy atom. The molecule has 3 N–H and O–H groups in total. The van der Waals surface area contributed by atoms with Gasteiger partial charge in [-0.15, -0.1) is 0 Å². The highest BCUT2D eigenvalue weighted by atomic mass is 16.2. The van der Waals surface area contributed by atoms with Crippen molar-refractivity contribution in [3.05, 3.63) is 11.8 Å². The van der Waals surface area contributed by atoms with E-state index >= 15 is 0 Å². The number of carbonyl (C=O) groups excluding carboxylic acids is 1. The van der Waals surface area contributed by atoms with Crippen molar-refractivity contribution in [2.75, 3.05) is 11.1 Å². The topological polar surface area (TPSA) is 80.9 Å². The molecule has 2 heterocycles. The normalized spacial score (nSPS) is 21.4. The summed E-state index contributed by atoms with van der Waals surface area (Å²) >= 11 is 0. The summed E-state index contributed by atoms with van der Waals surface area (Å²) in [5, 5.41) is 2.72. The van der Waals surface area contributed by atoms with Crippen molar-refractivity contribution in [1.29, 1.82) is 0 Å². The van der Waals surface area contributed by atoms with Crippen LogP contribution in [0.25, 0.3) is 0 Å². The van der Waals surface area contributed by atoms with Gasteiger partial charge in [-0.2, -0.15) is 4.98 Å². The fourth-order valence-electron chi connectivity index (χ4n) is 1.81. The van der Waals surface area contributed by atoms with Crippen molar-refractivity contribution in [2.45, 2.75) is 18.3 Å². The molecular formula is C8H8N4O. The molecule has 1 saturated carbocycles. The molecule has 66 valence electrons. The third-order valence-corrected chi connectivity index (χ3v) is 2.74. The third-order valence-electron chi connectivity index (χ3n) is 2.74. The minimum atomic E-state index is -0.303. The van der Waals surface area contributed by atoms with E-state index in [9.17, 15) is 4.79 Å². The van der Waals surface area contributed by atoms with E-state index in [4.69, 9.17) is 5.73 Å². The second-order valence-corrected chi connectivity index (χ2v) is 3.53. The average molecular weight is 176 g/mol. The number of nitrogens with one attached hydrogen (secondary N) is 1. The number of amides is 1. The van der Waals surface area contributed by atoms with E-state index in [1.165, 1.54) is 0 Å². The maximum atomic E-state index is 11.5. The van der Waals surface area contributed by atoms with Gasteiger partial charge < -0.3 is 11.1 Å². The van der Waals surface area contributed by atoms with Crippen LogP contribution in [0.1, 0.15) is 18.4 Å². The number of nitrogen functional groups attached to an aromatic ring is 1. The highest BCUT2D eigenvalue weighted by molar-refractivity contribution is 6.07. The Morgan fingerprint density at radius 3 is 3.00 bits per heavy atom. The summed E-state index contributed by atoms with van der Waals surface area (Å²) in [4.78, 5) is 19.4. The van der Waals surface area contributed by atoms with Gasteiger partial charge >= 0.3 is 0 Å². The highest BCUT2D eigenvalue weighted by Crippen LogP contribution is 2.54. The molecule has 3 rings (SSSR count). The molecule has 0 bridgehead atoms. The lowest BCUT2D eigenvalue weighted by Crippen LogP contribution is -2.18. The zero-order valence-corrected chi connectivity index (χ0v) is 6.87. The number of nitrogens with two attached hydrogens (primary N) is 1. The van der Waals surface area contributed by atoms with Gasteiger partial charge in [0.05, 0.1) is 5.41 Å². The zero-order valence-electron chi connectivity index (χ0n) is 6.87. The van der Waals surface area contributed by atoms with Crippen LogP contribution >= 0.6 is 0 Å². The number of rotatable bonds is 0. The second kappa shape index (κ2) is 1.81. The van der Waals surface area contributed by atoms with Gasteiger partial charge in [-0.25, -0.2) is 4.98 Å². The van der Waals surface area contributed by atoms with Crippen LogP contribution in [0.2, 0.25) is 0 Å². The summed E-state index contributed by atoms with van der Waals surface area (Å²) in [6, 6.07) is 0. The molecule has 5 heteroatoms. The van der Waals surface area contributed by atoms with E-state index in [-0.39, 0.29) is 17.3 Å². The lowest BCUT2D eigenvalue weighted by atomic mass is 10.0. The Balaban J connectivity index is 2.22. The Morgan fingerprint density at radius 2 is 2.31 bits per heavy atom. The number of hydrogen-bond acceptors (Lipinski definition) is 4. The standard InChI is InChI=1S/C8H8N4O/c9-7-10-3-4-5(12-7)11-6(13)8(4)1-2-8/h3H,1-2H2,(H3,9,10,11,12,13). The Hall–Kier alpha value is -1.65. The molecule has 0 atom stereocenters. The first-order valence-corrected chi connectivity index (χ1v) is 4.17. The monoisotopic (exact) mass is 176 g/mol. The molecule has 5 nitrogen and oxygen atoms in total. The molecule has 0 radical (unpaired) electrons. The molecular weight excluding hydrogens is 168 g/mol. The molecule has 0 saturated heterocycles. The van der Waals surface area contributed by atoms with Gasteiger partial charge in [0.15, 0.2) is 0 Å². The number of fused-ring (bicyclic) bond motifs is 2. The molecule has 1 amide bonds. The first kappa shape index (κ1) is 6.82. The Labute approximate surface area is 74.4 Å². The van der Waals surface area contributed by atoms with Gasteiger partial charge in [0.25, 0.3) is 0 Å². The van der Waals surface area contributed by atoms with Crippen LogP contribution in [-0.4, -0.2) is 15.9 Å². The molecule has 1 spiro atoms. The first-order valence-electron chi connectivity index (χ1n) is 4.17. The minimum Gasteiger partial charge on any atom is -0.368 e. The maximum absolute atomic E-state index is 11.5. The maximum Gasteiger partial charge on any atom is 0.236 e.